The van der Waals surface area contributed by atoms with E-state index in [0.29, 0.717) is 6.04 Å². The number of rotatable bonds is 7. The van der Waals surface area contributed by atoms with Gasteiger partial charge in [-0.1, -0.05) is 6.92 Å². The summed E-state index contributed by atoms with van der Waals surface area (Å²) in [6, 6.07) is 0.372. The SMILES string of the molecule is CCNC(COC(C)C)Cc1cnn(C)c1. The zero-order valence-corrected chi connectivity index (χ0v) is 10.7. The lowest BCUT2D eigenvalue weighted by molar-refractivity contribution is 0.0616. The lowest BCUT2D eigenvalue weighted by Gasteiger charge is -2.18. The molecule has 4 nitrogen and oxygen atoms in total. The number of nitrogens with zero attached hydrogens (tertiary/aromatic N) is 2. The second-order valence-electron chi connectivity index (χ2n) is 4.36. The molecule has 1 unspecified atom stereocenters. The van der Waals surface area contributed by atoms with Gasteiger partial charge in [-0.25, -0.2) is 0 Å². The van der Waals surface area contributed by atoms with Gasteiger partial charge in [-0.3, -0.25) is 4.68 Å². The molecule has 1 N–H and O–H groups in total. The lowest BCUT2D eigenvalue weighted by Crippen LogP contribution is -2.36. The zero-order chi connectivity index (χ0) is 12.0. The highest BCUT2D eigenvalue weighted by atomic mass is 16.5. The Hall–Kier alpha value is -0.870. The molecule has 1 aromatic heterocycles. The van der Waals surface area contributed by atoms with Crippen molar-refractivity contribution in [2.75, 3.05) is 13.2 Å². The molecule has 0 aromatic carbocycles. The highest BCUT2D eigenvalue weighted by Crippen LogP contribution is 2.03. The third kappa shape index (κ3) is 4.77. The van der Waals surface area contributed by atoms with Crippen LogP contribution in [0.1, 0.15) is 26.3 Å². The molecule has 0 aliphatic rings. The molecule has 1 rings (SSSR count). The van der Waals surface area contributed by atoms with Gasteiger partial charge in [0, 0.05) is 19.3 Å². The van der Waals surface area contributed by atoms with Crippen LogP contribution in [0.15, 0.2) is 12.4 Å². The summed E-state index contributed by atoms with van der Waals surface area (Å²) in [5.74, 6) is 0. The van der Waals surface area contributed by atoms with Crippen molar-refractivity contribution < 1.29 is 4.74 Å². The van der Waals surface area contributed by atoms with Gasteiger partial charge in [0.15, 0.2) is 0 Å². The standard InChI is InChI=1S/C12H23N3O/c1-5-13-12(9-16-10(2)3)6-11-7-14-15(4)8-11/h7-8,10,12-13H,5-6,9H2,1-4H3. The molecule has 92 valence electrons. The van der Waals surface area contributed by atoms with E-state index in [1.54, 1.807) is 0 Å². The molecule has 16 heavy (non-hydrogen) atoms. The van der Waals surface area contributed by atoms with Crippen LogP contribution in [0, 0.1) is 0 Å². The van der Waals surface area contributed by atoms with Gasteiger partial charge in [0.2, 0.25) is 0 Å². The highest BCUT2D eigenvalue weighted by Gasteiger charge is 2.10. The van der Waals surface area contributed by atoms with Gasteiger partial charge in [0.25, 0.3) is 0 Å². The first-order valence-corrected chi connectivity index (χ1v) is 5.94. The minimum atomic E-state index is 0.287. The van der Waals surface area contributed by atoms with Gasteiger partial charge in [0.05, 0.1) is 18.9 Å². The number of likely N-dealkylation sites (N-methyl/N-ethyl adjacent to an activating group) is 1. The third-order valence-corrected chi connectivity index (χ3v) is 2.36. The summed E-state index contributed by atoms with van der Waals surface area (Å²) in [6.07, 6.45) is 5.23. The molecule has 0 aliphatic heterocycles. The van der Waals surface area contributed by atoms with E-state index in [9.17, 15) is 0 Å². The van der Waals surface area contributed by atoms with Crippen molar-refractivity contribution >= 4 is 0 Å². The molecule has 0 aliphatic carbocycles. The van der Waals surface area contributed by atoms with Gasteiger partial charge in [0.1, 0.15) is 0 Å². The van der Waals surface area contributed by atoms with Crippen molar-refractivity contribution in [3.63, 3.8) is 0 Å². The summed E-state index contributed by atoms with van der Waals surface area (Å²) in [4.78, 5) is 0. The quantitative estimate of drug-likeness (QED) is 0.761. The number of hydrogen-bond donors (Lipinski definition) is 1. The number of nitrogens with one attached hydrogen (secondary N) is 1. The third-order valence-electron chi connectivity index (χ3n) is 2.36. The Morgan fingerprint density at radius 2 is 2.25 bits per heavy atom. The average molecular weight is 225 g/mol. The Morgan fingerprint density at radius 3 is 2.75 bits per heavy atom. The van der Waals surface area contributed by atoms with E-state index < -0.39 is 0 Å². The van der Waals surface area contributed by atoms with Crippen LogP contribution in [0.5, 0.6) is 0 Å². The molecule has 1 heterocycles. The van der Waals surface area contributed by atoms with Crippen molar-refractivity contribution in [2.45, 2.75) is 39.3 Å². The summed E-state index contributed by atoms with van der Waals surface area (Å²) < 4.78 is 7.48. The lowest BCUT2D eigenvalue weighted by atomic mass is 10.1. The summed E-state index contributed by atoms with van der Waals surface area (Å²) in [5.41, 5.74) is 1.25. The fourth-order valence-electron chi connectivity index (χ4n) is 1.65. The molecule has 0 spiro atoms. The maximum Gasteiger partial charge on any atom is 0.0626 e. The van der Waals surface area contributed by atoms with Gasteiger partial charge >= 0.3 is 0 Å². The van der Waals surface area contributed by atoms with Gasteiger partial charge in [-0.15, -0.1) is 0 Å². The fourth-order valence-corrected chi connectivity index (χ4v) is 1.65. The number of aromatic nitrogens is 2. The number of ether oxygens (including phenoxy) is 1. The molecular weight excluding hydrogens is 202 g/mol. The van der Waals surface area contributed by atoms with Crippen LogP contribution in [-0.4, -0.2) is 35.1 Å². The maximum atomic E-state index is 5.65. The first-order chi connectivity index (χ1) is 7.61. The van der Waals surface area contributed by atoms with Gasteiger partial charge in [-0.2, -0.15) is 5.10 Å². The second kappa shape index (κ2) is 6.66. The molecule has 1 aromatic rings. The van der Waals surface area contributed by atoms with Crippen LogP contribution in [0.2, 0.25) is 0 Å². The van der Waals surface area contributed by atoms with Crippen LogP contribution in [-0.2, 0) is 18.2 Å². The topological polar surface area (TPSA) is 39.1 Å². The molecule has 1 atom stereocenters. The van der Waals surface area contributed by atoms with Crippen molar-refractivity contribution in [2.24, 2.45) is 7.05 Å². The maximum absolute atomic E-state index is 5.65. The molecule has 4 heteroatoms. The number of hydrogen-bond acceptors (Lipinski definition) is 3. The zero-order valence-electron chi connectivity index (χ0n) is 10.7. The first kappa shape index (κ1) is 13.2. The normalized spacial score (nSPS) is 13.3. The molecule has 0 bridgehead atoms. The molecule has 0 saturated carbocycles. The molecule has 0 amide bonds. The minimum absolute atomic E-state index is 0.287. The fraction of sp³-hybridized carbons (Fsp3) is 0.750. The Kier molecular flexibility index (Phi) is 5.49. The van der Waals surface area contributed by atoms with E-state index in [-0.39, 0.29) is 6.10 Å². The summed E-state index contributed by atoms with van der Waals surface area (Å²) >= 11 is 0. The van der Waals surface area contributed by atoms with Crippen molar-refractivity contribution in [1.82, 2.24) is 15.1 Å². The van der Waals surface area contributed by atoms with Crippen LogP contribution in [0.3, 0.4) is 0 Å². The Balaban J connectivity index is 2.43. The monoisotopic (exact) mass is 225 g/mol. The minimum Gasteiger partial charge on any atom is -0.377 e. The van der Waals surface area contributed by atoms with Crippen molar-refractivity contribution in [3.05, 3.63) is 18.0 Å². The van der Waals surface area contributed by atoms with E-state index in [0.717, 1.165) is 19.6 Å². The number of aryl methyl sites for hydroxylation is 1. The largest absolute Gasteiger partial charge is 0.377 e. The Morgan fingerprint density at radius 1 is 1.50 bits per heavy atom. The van der Waals surface area contributed by atoms with E-state index in [1.165, 1.54) is 5.56 Å². The van der Waals surface area contributed by atoms with E-state index in [2.05, 4.69) is 37.4 Å². The van der Waals surface area contributed by atoms with E-state index in [1.807, 2.05) is 17.9 Å². The van der Waals surface area contributed by atoms with Crippen molar-refractivity contribution in [3.8, 4) is 0 Å². The van der Waals surface area contributed by atoms with Crippen LogP contribution in [0.4, 0.5) is 0 Å². The molecular formula is C12H23N3O. The van der Waals surface area contributed by atoms with E-state index >= 15 is 0 Å². The average Bonchev–Trinajstić information content (AvgIpc) is 2.61. The first-order valence-electron chi connectivity index (χ1n) is 5.94. The molecule has 0 saturated heterocycles. The predicted octanol–water partition coefficient (Wildman–Crippen LogP) is 1.37. The second-order valence-corrected chi connectivity index (χ2v) is 4.36. The van der Waals surface area contributed by atoms with E-state index in [4.69, 9.17) is 4.74 Å². The van der Waals surface area contributed by atoms with Crippen LogP contribution >= 0.6 is 0 Å². The Bertz CT molecular complexity index is 296. The summed E-state index contributed by atoms with van der Waals surface area (Å²) in [7, 11) is 1.94. The molecule has 0 fully saturated rings. The highest BCUT2D eigenvalue weighted by molar-refractivity contribution is 5.05. The van der Waals surface area contributed by atoms with Gasteiger partial charge in [-0.05, 0) is 32.4 Å². The van der Waals surface area contributed by atoms with Crippen LogP contribution in [0.25, 0.3) is 0 Å². The summed E-state index contributed by atoms with van der Waals surface area (Å²) in [5, 5.41) is 7.61. The molecule has 0 radical (unpaired) electrons. The Labute approximate surface area is 98.0 Å². The van der Waals surface area contributed by atoms with Gasteiger partial charge < -0.3 is 10.1 Å². The van der Waals surface area contributed by atoms with Crippen LogP contribution < -0.4 is 5.32 Å². The summed E-state index contributed by atoms with van der Waals surface area (Å²) in [6.45, 7) is 7.96. The predicted molar refractivity (Wildman–Crippen MR) is 65.5 cm³/mol. The smallest absolute Gasteiger partial charge is 0.0626 e. The van der Waals surface area contributed by atoms with Crippen molar-refractivity contribution in [1.29, 1.82) is 0 Å².